The lowest BCUT2D eigenvalue weighted by Crippen LogP contribution is -2.11. The van der Waals surface area contributed by atoms with Crippen LogP contribution in [0.1, 0.15) is 15.9 Å². The number of ether oxygens (including phenoxy) is 1. The summed E-state index contributed by atoms with van der Waals surface area (Å²) >= 11 is 0. The molecular weight excluding hydrogens is 228 g/mol. The van der Waals surface area contributed by atoms with E-state index in [1.54, 1.807) is 18.2 Å². The first kappa shape index (κ1) is 12.2. The highest BCUT2D eigenvalue weighted by atomic mass is 16.5. The first-order valence-corrected chi connectivity index (χ1v) is 5.67. The summed E-state index contributed by atoms with van der Waals surface area (Å²) in [7, 11) is 0. The average molecular weight is 242 g/mol. The standard InChI is InChI=1S/C15H14O3/c1-11-6-8-12(9-7-11)18-10-15(17)13-4-2-3-5-14(13)16/h2-9,16H,10H2,1H3. The summed E-state index contributed by atoms with van der Waals surface area (Å²) in [6.07, 6.45) is 0. The van der Waals surface area contributed by atoms with E-state index in [9.17, 15) is 9.90 Å². The Hall–Kier alpha value is -2.29. The van der Waals surface area contributed by atoms with E-state index in [0.29, 0.717) is 5.75 Å². The number of ketones is 1. The predicted octanol–water partition coefficient (Wildman–Crippen LogP) is 2.96. The second-order valence-corrected chi connectivity index (χ2v) is 4.04. The third kappa shape index (κ3) is 2.88. The van der Waals surface area contributed by atoms with Crippen molar-refractivity contribution >= 4 is 5.78 Å². The molecule has 18 heavy (non-hydrogen) atoms. The van der Waals surface area contributed by atoms with Crippen molar-refractivity contribution in [3.63, 3.8) is 0 Å². The Balaban J connectivity index is 2.01. The number of carbonyl (C=O) groups excluding carboxylic acids is 1. The Kier molecular flexibility index (Phi) is 3.63. The summed E-state index contributed by atoms with van der Waals surface area (Å²) in [5.41, 5.74) is 1.42. The Bertz CT molecular complexity index is 544. The van der Waals surface area contributed by atoms with Crippen molar-refractivity contribution in [3.05, 3.63) is 59.7 Å². The van der Waals surface area contributed by atoms with E-state index in [-0.39, 0.29) is 23.7 Å². The van der Waals surface area contributed by atoms with Crippen LogP contribution < -0.4 is 4.74 Å². The van der Waals surface area contributed by atoms with Crippen LogP contribution in [0.5, 0.6) is 11.5 Å². The van der Waals surface area contributed by atoms with Gasteiger partial charge in [-0.1, -0.05) is 29.8 Å². The number of carbonyl (C=O) groups is 1. The van der Waals surface area contributed by atoms with Crippen molar-refractivity contribution in [2.75, 3.05) is 6.61 Å². The fraction of sp³-hybridized carbons (Fsp3) is 0.133. The van der Waals surface area contributed by atoms with Crippen molar-refractivity contribution in [2.24, 2.45) is 0 Å². The third-order valence-electron chi connectivity index (χ3n) is 2.60. The first-order valence-electron chi connectivity index (χ1n) is 5.67. The molecule has 0 radical (unpaired) electrons. The quantitative estimate of drug-likeness (QED) is 0.838. The molecule has 0 aliphatic rings. The number of benzene rings is 2. The highest BCUT2D eigenvalue weighted by Gasteiger charge is 2.10. The average Bonchev–Trinajstić information content (AvgIpc) is 2.38. The van der Waals surface area contributed by atoms with Gasteiger partial charge in [-0.05, 0) is 31.2 Å². The summed E-state index contributed by atoms with van der Waals surface area (Å²) in [6.45, 7) is 1.90. The lowest BCUT2D eigenvalue weighted by atomic mass is 10.1. The summed E-state index contributed by atoms with van der Waals surface area (Å²) in [6, 6.07) is 13.9. The van der Waals surface area contributed by atoms with E-state index >= 15 is 0 Å². The normalized spacial score (nSPS) is 10.1. The molecule has 0 fully saturated rings. The number of hydrogen-bond acceptors (Lipinski definition) is 3. The van der Waals surface area contributed by atoms with Crippen LogP contribution in [0.3, 0.4) is 0 Å². The monoisotopic (exact) mass is 242 g/mol. The lowest BCUT2D eigenvalue weighted by molar-refractivity contribution is 0.0919. The zero-order valence-corrected chi connectivity index (χ0v) is 10.1. The molecule has 0 atom stereocenters. The van der Waals surface area contributed by atoms with E-state index in [1.807, 2.05) is 31.2 Å². The minimum Gasteiger partial charge on any atom is -0.507 e. The van der Waals surface area contributed by atoms with Gasteiger partial charge in [0.05, 0.1) is 5.56 Å². The molecule has 0 aliphatic carbocycles. The molecule has 0 spiro atoms. The molecule has 0 bridgehead atoms. The van der Waals surface area contributed by atoms with Crippen LogP contribution >= 0.6 is 0 Å². The molecule has 92 valence electrons. The number of phenols is 1. The predicted molar refractivity (Wildman–Crippen MR) is 69.1 cm³/mol. The summed E-state index contributed by atoms with van der Waals surface area (Å²) in [5, 5.41) is 9.54. The molecule has 0 unspecified atom stereocenters. The van der Waals surface area contributed by atoms with E-state index in [4.69, 9.17) is 4.74 Å². The molecule has 2 rings (SSSR count). The summed E-state index contributed by atoms with van der Waals surface area (Å²) in [5.74, 6) is 0.382. The minimum atomic E-state index is -0.242. The first-order chi connectivity index (χ1) is 8.66. The Morgan fingerprint density at radius 1 is 1.11 bits per heavy atom. The van der Waals surface area contributed by atoms with E-state index in [2.05, 4.69) is 0 Å². The van der Waals surface area contributed by atoms with Gasteiger partial charge in [0.15, 0.2) is 6.61 Å². The van der Waals surface area contributed by atoms with Crippen LogP contribution in [0.15, 0.2) is 48.5 Å². The van der Waals surface area contributed by atoms with E-state index in [0.717, 1.165) is 5.56 Å². The molecule has 0 aliphatic heterocycles. The van der Waals surface area contributed by atoms with Gasteiger partial charge in [-0.2, -0.15) is 0 Å². The smallest absolute Gasteiger partial charge is 0.203 e. The van der Waals surface area contributed by atoms with Crippen LogP contribution in [0.25, 0.3) is 0 Å². The lowest BCUT2D eigenvalue weighted by Gasteiger charge is -2.06. The maximum absolute atomic E-state index is 11.8. The van der Waals surface area contributed by atoms with Crippen LogP contribution in [-0.2, 0) is 0 Å². The molecule has 3 nitrogen and oxygen atoms in total. The van der Waals surface area contributed by atoms with Gasteiger partial charge >= 0.3 is 0 Å². The minimum absolute atomic E-state index is 0.0185. The van der Waals surface area contributed by atoms with Gasteiger partial charge in [-0.15, -0.1) is 0 Å². The largest absolute Gasteiger partial charge is 0.507 e. The molecule has 1 N–H and O–H groups in total. The zero-order chi connectivity index (χ0) is 13.0. The Labute approximate surface area is 106 Å². The zero-order valence-electron chi connectivity index (χ0n) is 10.1. The molecular formula is C15H14O3. The molecule has 3 heteroatoms. The number of Topliss-reactive ketones (excluding diaryl/α,β-unsaturated/α-hetero) is 1. The number of rotatable bonds is 4. The van der Waals surface area contributed by atoms with Crippen molar-refractivity contribution in [2.45, 2.75) is 6.92 Å². The number of aromatic hydroxyl groups is 1. The number of hydrogen-bond donors (Lipinski definition) is 1. The molecule has 2 aromatic carbocycles. The second-order valence-electron chi connectivity index (χ2n) is 4.04. The molecule has 0 saturated carbocycles. The van der Waals surface area contributed by atoms with E-state index < -0.39 is 0 Å². The topological polar surface area (TPSA) is 46.5 Å². The number of para-hydroxylation sites is 1. The maximum Gasteiger partial charge on any atom is 0.203 e. The second kappa shape index (κ2) is 5.36. The van der Waals surface area contributed by atoms with Crippen LogP contribution in [0.2, 0.25) is 0 Å². The van der Waals surface area contributed by atoms with Crippen molar-refractivity contribution in [3.8, 4) is 11.5 Å². The van der Waals surface area contributed by atoms with Crippen molar-refractivity contribution in [1.29, 1.82) is 0 Å². The highest BCUT2D eigenvalue weighted by Crippen LogP contribution is 2.17. The SMILES string of the molecule is Cc1ccc(OCC(=O)c2ccccc2O)cc1. The highest BCUT2D eigenvalue weighted by molar-refractivity contribution is 5.99. The number of aryl methyl sites for hydroxylation is 1. The van der Waals surface area contributed by atoms with Gasteiger partial charge in [0.2, 0.25) is 5.78 Å². The van der Waals surface area contributed by atoms with Gasteiger partial charge in [0.25, 0.3) is 0 Å². The van der Waals surface area contributed by atoms with Crippen LogP contribution in [0.4, 0.5) is 0 Å². The molecule has 0 aromatic heterocycles. The van der Waals surface area contributed by atoms with Crippen LogP contribution in [-0.4, -0.2) is 17.5 Å². The maximum atomic E-state index is 11.8. The molecule has 0 saturated heterocycles. The fourth-order valence-electron chi connectivity index (χ4n) is 1.57. The van der Waals surface area contributed by atoms with Crippen molar-refractivity contribution < 1.29 is 14.6 Å². The Morgan fingerprint density at radius 2 is 1.78 bits per heavy atom. The Morgan fingerprint density at radius 3 is 2.44 bits per heavy atom. The van der Waals surface area contributed by atoms with Gasteiger partial charge < -0.3 is 9.84 Å². The van der Waals surface area contributed by atoms with Gasteiger partial charge in [-0.3, -0.25) is 4.79 Å². The summed E-state index contributed by atoms with van der Waals surface area (Å²) in [4.78, 5) is 11.8. The van der Waals surface area contributed by atoms with Crippen molar-refractivity contribution in [1.82, 2.24) is 0 Å². The molecule has 0 heterocycles. The number of phenolic OH excluding ortho intramolecular Hbond substituents is 1. The van der Waals surface area contributed by atoms with Crippen LogP contribution in [0, 0.1) is 6.92 Å². The molecule has 0 amide bonds. The van der Waals surface area contributed by atoms with Gasteiger partial charge in [0, 0.05) is 0 Å². The van der Waals surface area contributed by atoms with Gasteiger partial charge in [0.1, 0.15) is 11.5 Å². The molecule has 2 aromatic rings. The fourth-order valence-corrected chi connectivity index (χ4v) is 1.57. The van der Waals surface area contributed by atoms with E-state index in [1.165, 1.54) is 6.07 Å². The van der Waals surface area contributed by atoms with Gasteiger partial charge in [-0.25, -0.2) is 0 Å². The third-order valence-corrected chi connectivity index (χ3v) is 2.60. The summed E-state index contributed by atoms with van der Waals surface area (Å²) < 4.78 is 5.37.